The highest BCUT2D eigenvalue weighted by Crippen LogP contribution is 2.35. The lowest BCUT2D eigenvalue weighted by Gasteiger charge is -2.14. The van der Waals surface area contributed by atoms with Crippen LogP contribution in [0.4, 0.5) is 4.39 Å². The Kier molecular flexibility index (Phi) is 6.10. The molecule has 0 unspecified atom stereocenters. The topological polar surface area (TPSA) is 64.3 Å². The molecule has 0 atom stereocenters. The first-order chi connectivity index (χ1) is 13.7. The molecule has 0 saturated heterocycles. The highest BCUT2D eigenvalue weighted by atomic mass is 32.2. The number of aryl methyl sites for hydroxylation is 2. The van der Waals surface area contributed by atoms with Crippen molar-refractivity contribution >= 4 is 33.3 Å². The van der Waals surface area contributed by atoms with Gasteiger partial charge in [-0.1, -0.05) is 23.9 Å². The molecule has 0 spiro atoms. The van der Waals surface area contributed by atoms with E-state index in [1.54, 1.807) is 29.5 Å². The lowest BCUT2D eigenvalue weighted by molar-refractivity contribution is 0.103. The van der Waals surface area contributed by atoms with Crippen molar-refractivity contribution in [2.45, 2.75) is 30.8 Å². The molecular weight excluding hydrogens is 399 g/mol. The largest absolute Gasteiger partial charge is 0.394 e. The molecule has 0 amide bonds. The predicted octanol–water partition coefficient (Wildman–Crippen LogP) is 3.57. The van der Waals surface area contributed by atoms with Crippen LogP contribution in [0.3, 0.4) is 0 Å². The van der Waals surface area contributed by atoms with Crippen molar-refractivity contribution in [3.63, 3.8) is 0 Å². The van der Waals surface area contributed by atoms with Crippen molar-refractivity contribution in [2.24, 2.45) is 0 Å². The monoisotopic (exact) mass is 420 g/mol. The van der Waals surface area contributed by atoms with Gasteiger partial charge in [-0.25, -0.2) is 9.37 Å². The van der Waals surface area contributed by atoms with Crippen molar-refractivity contribution in [3.05, 3.63) is 50.9 Å². The maximum absolute atomic E-state index is 14.5. The Morgan fingerprint density at radius 2 is 2.07 bits per heavy atom. The number of ether oxygens (including phenoxy) is 1. The lowest BCUT2D eigenvalue weighted by atomic mass is 9.97. The maximum Gasteiger partial charge on any atom is 0.267 e. The third-order valence-electron chi connectivity index (χ3n) is 4.75. The average Bonchev–Trinajstić information content (AvgIpc) is 3.07. The summed E-state index contributed by atoms with van der Waals surface area (Å²) in [5, 5.41) is 9.92. The van der Waals surface area contributed by atoms with Gasteiger partial charge >= 0.3 is 0 Å². The number of halogens is 1. The molecule has 1 N–H and O–H groups in total. The van der Waals surface area contributed by atoms with Crippen LogP contribution in [0.15, 0.2) is 34.2 Å². The molecule has 148 valence electrons. The van der Waals surface area contributed by atoms with Gasteiger partial charge in [0.1, 0.15) is 10.6 Å². The molecule has 2 aromatic heterocycles. The first-order valence-electron chi connectivity index (χ1n) is 9.34. The summed E-state index contributed by atoms with van der Waals surface area (Å²) in [6, 6.07) is 6.29. The third kappa shape index (κ3) is 3.74. The Hall–Kier alpha value is -1.74. The van der Waals surface area contributed by atoms with Gasteiger partial charge in [-0.2, -0.15) is 0 Å². The molecule has 8 heteroatoms. The smallest absolute Gasteiger partial charge is 0.267 e. The number of thioether (sulfide) groups is 1. The Bertz CT molecular complexity index is 1050. The summed E-state index contributed by atoms with van der Waals surface area (Å²) >= 11 is 2.95. The van der Waals surface area contributed by atoms with E-state index in [9.17, 15) is 9.18 Å². The summed E-state index contributed by atoms with van der Waals surface area (Å²) in [6.07, 6.45) is 4.06. The van der Waals surface area contributed by atoms with Gasteiger partial charge in [-0.15, -0.1) is 11.3 Å². The molecular formula is C20H21FN2O3S2. The quantitative estimate of drug-likeness (QED) is 0.360. The van der Waals surface area contributed by atoms with Crippen LogP contribution in [0.25, 0.3) is 15.9 Å². The van der Waals surface area contributed by atoms with Crippen LogP contribution in [0.2, 0.25) is 0 Å². The molecule has 2 heterocycles. The number of aliphatic hydroxyl groups is 1. The van der Waals surface area contributed by atoms with E-state index >= 15 is 0 Å². The summed E-state index contributed by atoms with van der Waals surface area (Å²) in [5.41, 5.74) is 1.11. The summed E-state index contributed by atoms with van der Waals surface area (Å²) in [6.45, 7) is 0.650. The van der Waals surface area contributed by atoms with E-state index in [4.69, 9.17) is 14.8 Å². The molecule has 28 heavy (non-hydrogen) atoms. The van der Waals surface area contributed by atoms with Gasteiger partial charge in [0.05, 0.1) is 30.9 Å². The number of benzene rings is 1. The molecule has 4 rings (SSSR count). The number of aromatic nitrogens is 2. The molecule has 0 saturated carbocycles. The van der Waals surface area contributed by atoms with Crippen LogP contribution in [0.5, 0.6) is 0 Å². The van der Waals surface area contributed by atoms with Gasteiger partial charge < -0.3 is 9.84 Å². The molecule has 1 aliphatic carbocycles. The molecule has 0 radical (unpaired) electrons. The maximum atomic E-state index is 14.5. The summed E-state index contributed by atoms with van der Waals surface area (Å²) in [4.78, 5) is 20.2. The van der Waals surface area contributed by atoms with Gasteiger partial charge in [0.15, 0.2) is 5.16 Å². The zero-order valence-corrected chi connectivity index (χ0v) is 17.0. The summed E-state index contributed by atoms with van der Waals surface area (Å²) < 4.78 is 21.2. The molecule has 1 aromatic carbocycles. The Labute approximate surface area is 170 Å². The van der Waals surface area contributed by atoms with E-state index in [-0.39, 0.29) is 24.5 Å². The number of aliphatic hydroxyl groups excluding tert-OH is 1. The molecule has 0 aliphatic heterocycles. The molecule has 0 fully saturated rings. The SMILES string of the molecule is O=c1c2c3c(sc2nc(SCCOCCO)n1-c1ccccc1F)CCCC3. The van der Waals surface area contributed by atoms with Crippen LogP contribution in [0, 0.1) is 5.82 Å². The minimum Gasteiger partial charge on any atom is -0.394 e. The number of para-hydroxylation sites is 1. The van der Waals surface area contributed by atoms with Gasteiger partial charge in [0.25, 0.3) is 5.56 Å². The number of hydrogen-bond acceptors (Lipinski definition) is 6. The second-order valence-electron chi connectivity index (χ2n) is 6.56. The zero-order chi connectivity index (χ0) is 19.5. The van der Waals surface area contributed by atoms with E-state index in [0.717, 1.165) is 36.1 Å². The van der Waals surface area contributed by atoms with Gasteiger partial charge in [-0.3, -0.25) is 9.36 Å². The van der Waals surface area contributed by atoms with Gasteiger partial charge in [0, 0.05) is 10.6 Å². The Morgan fingerprint density at radius 1 is 1.25 bits per heavy atom. The van der Waals surface area contributed by atoms with Crippen LogP contribution >= 0.6 is 23.1 Å². The number of nitrogens with zero attached hydrogens (tertiary/aromatic N) is 2. The number of rotatable bonds is 7. The highest BCUT2D eigenvalue weighted by Gasteiger charge is 2.23. The zero-order valence-electron chi connectivity index (χ0n) is 15.3. The molecule has 5 nitrogen and oxygen atoms in total. The number of fused-ring (bicyclic) bond motifs is 3. The molecule has 0 bridgehead atoms. The summed E-state index contributed by atoms with van der Waals surface area (Å²) in [5.74, 6) is 0.102. The van der Waals surface area contributed by atoms with Gasteiger partial charge in [-0.05, 0) is 43.4 Å². The van der Waals surface area contributed by atoms with Crippen LogP contribution in [-0.4, -0.2) is 40.2 Å². The van der Waals surface area contributed by atoms with E-state index in [0.29, 0.717) is 22.9 Å². The second kappa shape index (κ2) is 8.73. The van der Waals surface area contributed by atoms with Crippen LogP contribution < -0.4 is 5.56 Å². The van der Waals surface area contributed by atoms with Crippen LogP contribution in [-0.2, 0) is 17.6 Å². The van der Waals surface area contributed by atoms with Crippen LogP contribution in [0.1, 0.15) is 23.3 Å². The first kappa shape index (κ1) is 19.6. The minimum absolute atomic E-state index is 0.0322. The Balaban J connectivity index is 1.82. The standard InChI is InChI=1S/C20H21FN2O3S2/c21-14-6-2-3-7-15(14)23-19(25)17-13-5-1-4-8-16(13)28-18(17)22-20(23)27-12-11-26-10-9-24/h2-3,6-7,24H,1,4-5,8-12H2. The summed E-state index contributed by atoms with van der Waals surface area (Å²) in [7, 11) is 0. The fourth-order valence-electron chi connectivity index (χ4n) is 3.49. The van der Waals surface area contributed by atoms with Crippen molar-refractivity contribution in [1.29, 1.82) is 0 Å². The minimum atomic E-state index is -0.451. The second-order valence-corrected chi connectivity index (χ2v) is 8.71. The third-order valence-corrected chi connectivity index (χ3v) is 6.83. The predicted molar refractivity (Wildman–Crippen MR) is 110 cm³/mol. The highest BCUT2D eigenvalue weighted by molar-refractivity contribution is 7.99. The van der Waals surface area contributed by atoms with E-state index < -0.39 is 5.82 Å². The van der Waals surface area contributed by atoms with E-state index in [2.05, 4.69) is 0 Å². The fourth-order valence-corrected chi connectivity index (χ4v) is 5.65. The number of thiophene rings is 1. The van der Waals surface area contributed by atoms with E-state index in [1.807, 2.05) is 0 Å². The number of hydrogen-bond donors (Lipinski definition) is 1. The van der Waals surface area contributed by atoms with Crippen molar-refractivity contribution in [2.75, 3.05) is 25.6 Å². The molecule has 1 aliphatic rings. The average molecular weight is 421 g/mol. The van der Waals surface area contributed by atoms with Crippen molar-refractivity contribution in [3.8, 4) is 5.69 Å². The van der Waals surface area contributed by atoms with Crippen molar-refractivity contribution < 1.29 is 14.2 Å². The fraction of sp³-hybridized carbons (Fsp3) is 0.400. The normalized spacial score (nSPS) is 13.8. The van der Waals surface area contributed by atoms with Crippen molar-refractivity contribution in [1.82, 2.24) is 9.55 Å². The van der Waals surface area contributed by atoms with Gasteiger partial charge in [0.2, 0.25) is 0 Å². The van der Waals surface area contributed by atoms with E-state index in [1.165, 1.54) is 27.3 Å². The molecule has 3 aromatic rings. The first-order valence-corrected chi connectivity index (χ1v) is 11.1. The lowest BCUT2D eigenvalue weighted by Crippen LogP contribution is -2.23. The Morgan fingerprint density at radius 3 is 2.89 bits per heavy atom.